The standard InChI is InChI=1S/C32H37OSi/c1-23-22-27(31(2,3)4)29(33-5)28(30(23)34(6)7)32(26-20-14-15-21-26,24-16-10-8-11-17-24)25-18-12-9-13-19-25/h8-14,16-22H,15H2,1-7H3. The van der Waals surface area contributed by atoms with Crippen molar-refractivity contribution in [3.8, 4) is 5.75 Å². The summed E-state index contributed by atoms with van der Waals surface area (Å²) in [5, 5.41) is 1.48. The van der Waals surface area contributed by atoms with Crippen molar-refractivity contribution in [2.24, 2.45) is 0 Å². The summed E-state index contributed by atoms with van der Waals surface area (Å²) in [4.78, 5) is 0. The minimum Gasteiger partial charge on any atom is -0.496 e. The molecule has 3 aromatic carbocycles. The van der Waals surface area contributed by atoms with Gasteiger partial charge in [0.2, 0.25) is 0 Å². The summed E-state index contributed by atoms with van der Waals surface area (Å²) in [6.07, 6.45) is 7.98. The molecule has 2 heteroatoms. The van der Waals surface area contributed by atoms with Crippen LogP contribution in [-0.4, -0.2) is 15.9 Å². The molecule has 0 bridgehead atoms. The minimum atomic E-state index is -0.822. The molecule has 1 aliphatic carbocycles. The van der Waals surface area contributed by atoms with Crippen molar-refractivity contribution in [1.82, 2.24) is 0 Å². The van der Waals surface area contributed by atoms with E-state index in [2.05, 4.69) is 126 Å². The Balaban J connectivity index is 2.31. The van der Waals surface area contributed by atoms with Gasteiger partial charge in [0.15, 0.2) is 0 Å². The summed E-state index contributed by atoms with van der Waals surface area (Å²) in [6, 6.07) is 24.5. The number of methoxy groups -OCH3 is 1. The molecule has 34 heavy (non-hydrogen) atoms. The lowest BCUT2D eigenvalue weighted by molar-refractivity contribution is 0.388. The molecule has 0 atom stereocenters. The van der Waals surface area contributed by atoms with Crippen molar-refractivity contribution in [2.45, 2.75) is 58.0 Å². The average molecular weight is 466 g/mol. The van der Waals surface area contributed by atoms with Gasteiger partial charge in [0.25, 0.3) is 0 Å². The second-order valence-electron chi connectivity index (χ2n) is 10.6. The van der Waals surface area contributed by atoms with E-state index in [1.165, 1.54) is 38.6 Å². The number of benzene rings is 3. The largest absolute Gasteiger partial charge is 0.496 e. The number of rotatable bonds is 6. The smallest absolute Gasteiger partial charge is 0.127 e. The summed E-state index contributed by atoms with van der Waals surface area (Å²) >= 11 is 0. The molecule has 0 unspecified atom stereocenters. The maximum Gasteiger partial charge on any atom is 0.127 e. The Morgan fingerprint density at radius 1 is 0.853 bits per heavy atom. The number of hydrogen-bond donors (Lipinski definition) is 0. The highest BCUT2D eigenvalue weighted by Crippen LogP contribution is 2.51. The molecule has 0 amide bonds. The van der Waals surface area contributed by atoms with Crippen LogP contribution in [0.1, 0.15) is 55.0 Å². The minimum absolute atomic E-state index is 0.0449. The molecular weight excluding hydrogens is 428 g/mol. The Hall–Kier alpha value is -2.84. The van der Waals surface area contributed by atoms with Crippen LogP contribution in [-0.2, 0) is 10.8 Å². The van der Waals surface area contributed by atoms with Gasteiger partial charge in [-0.25, -0.2) is 0 Å². The van der Waals surface area contributed by atoms with Crippen molar-refractivity contribution in [2.75, 3.05) is 7.11 Å². The van der Waals surface area contributed by atoms with Crippen molar-refractivity contribution in [3.63, 3.8) is 0 Å². The first-order valence-corrected chi connectivity index (χ1v) is 14.7. The lowest BCUT2D eigenvalue weighted by Crippen LogP contribution is -2.42. The van der Waals surface area contributed by atoms with Crippen LogP contribution in [0.25, 0.3) is 0 Å². The van der Waals surface area contributed by atoms with Gasteiger partial charge >= 0.3 is 0 Å². The van der Waals surface area contributed by atoms with E-state index >= 15 is 0 Å². The molecule has 0 fully saturated rings. The molecule has 3 aromatic rings. The monoisotopic (exact) mass is 465 g/mol. The quantitative estimate of drug-likeness (QED) is 0.271. The summed E-state index contributed by atoms with van der Waals surface area (Å²) in [5.41, 5.74) is 7.37. The first-order chi connectivity index (χ1) is 16.2. The van der Waals surface area contributed by atoms with Crippen molar-refractivity contribution in [3.05, 3.63) is 118 Å². The zero-order valence-electron chi connectivity index (χ0n) is 21.7. The molecule has 0 aromatic heterocycles. The predicted molar refractivity (Wildman–Crippen MR) is 148 cm³/mol. The van der Waals surface area contributed by atoms with E-state index in [9.17, 15) is 0 Å². The molecule has 1 nitrogen and oxygen atoms in total. The van der Waals surface area contributed by atoms with E-state index in [0.29, 0.717) is 0 Å². The lowest BCUT2D eigenvalue weighted by Gasteiger charge is -2.42. The van der Waals surface area contributed by atoms with E-state index in [1.807, 2.05) is 7.11 Å². The molecule has 0 N–H and O–H groups in total. The number of ether oxygens (including phenoxy) is 1. The van der Waals surface area contributed by atoms with Gasteiger partial charge in [0.05, 0.1) is 21.3 Å². The van der Waals surface area contributed by atoms with Gasteiger partial charge < -0.3 is 4.74 Å². The molecule has 1 radical (unpaired) electrons. The van der Waals surface area contributed by atoms with Crippen LogP contribution in [0.3, 0.4) is 0 Å². The topological polar surface area (TPSA) is 9.23 Å². The van der Waals surface area contributed by atoms with Gasteiger partial charge in [0, 0.05) is 11.1 Å². The van der Waals surface area contributed by atoms with Crippen molar-refractivity contribution in [1.29, 1.82) is 0 Å². The van der Waals surface area contributed by atoms with Crippen LogP contribution in [0.5, 0.6) is 5.75 Å². The molecule has 1 aliphatic rings. The van der Waals surface area contributed by atoms with Crippen LogP contribution >= 0.6 is 0 Å². The fourth-order valence-electron chi connectivity index (χ4n) is 5.62. The molecule has 0 heterocycles. The number of aryl methyl sites for hydroxylation is 1. The third-order valence-electron chi connectivity index (χ3n) is 6.98. The average Bonchev–Trinajstić information content (AvgIpc) is 3.35. The fraction of sp³-hybridized carbons (Fsp3) is 0.312. The maximum absolute atomic E-state index is 6.42. The molecule has 0 saturated carbocycles. The van der Waals surface area contributed by atoms with Gasteiger partial charge in [-0.05, 0) is 35.5 Å². The van der Waals surface area contributed by atoms with E-state index in [-0.39, 0.29) is 5.41 Å². The third kappa shape index (κ3) is 3.99. The first kappa shape index (κ1) is 24.3. The van der Waals surface area contributed by atoms with Gasteiger partial charge in [-0.1, -0.05) is 130 Å². The number of hydrogen-bond acceptors (Lipinski definition) is 1. The van der Waals surface area contributed by atoms with Crippen LogP contribution in [0.15, 0.2) is 90.5 Å². The van der Waals surface area contributed by atoms with E-state index < -0.39 is 14.2 Å². The second kappa shape index (κ2) is 9.42. The third-order valence-corrected chi connectivity index (χ3v) is 8.63. The molecule has 0 spiro atoms. The van der Waals surface area contributed by atoms with Crippen LogP contribution in [0.4, 0.5) is 0 Å². The van der Waals surface area contributed by atoms with Crippen LogP contribution < -0.4 is 9.92 Å². The van der Waals surface area contributed by atoms with Gasteiger partial charge in [-0.2, -0.15) is 0 Å². The summed E-state index contributed by atoms with van der Waals surface area (Å²) in [6.45, 7) is 14.0. The highest BCUT2D eigenvalue weighted by atomic mass is 28.3. The Labute approximate surface area is 207 Å². The zero-order chi connectivity index (χ0) is 24.5. The van der Waals surface area contributed by atoms with Crippen molar-refractivity contribution >= 4 is 14.0 Å². The van der Waals surface area contributed by atoms with Crippen LogP contribution in [0, 0.1) is 6.92 Å². The predicted octanol–water partition coefficient (Wildman–Crippen LogP) is 7.48. The van der Waals surface area contributed by atoms with Gasteiger partial charge in [0.1, 0.15) is 5.75 Å². The molecule has 0 aliphatic heterocycles. The highest BCUT2D eigenvalue weighted by Gasteiger charge is 2.45. The summed E-state index contributed by atoms with van der Waals surface area (Å²) in [5.74, 6) is 1.04. The molecule has 4 rings (SSSR count). The Morgan fingerprint density at radius 2 is 1.41 bits per heavy atom. The summed E-state index contributed by atoms with van der Waals surface area (Å²) in [7, 11) is 1.03. The number of allylic oxidation sites excluding steroid dienone is 4. The zero-order valence-corrected chi connectivity index (χ0v) is 22.7. The van der Waals surface area contributed by atoms with Gasteiger partial charge in [-0.3, -0.25) is 0 Å². The van der Waals surface area contributed by atoms with E-state index in [0.717, 1.165) is 12.2 Å². The van der Waals surface area contributed by atoms with Crippen LogP contribution in [0.2, 0.25) is 13.1 Å². The van der Waals surface area contributed by atoms with E-state index in [1.54, 1.807) is 0 Å². The fourth-order valence-corrected chi connectivity index (χ4v) is 7.28. The Bertz CT molecular complexity index is 1170. The highest BCUT2D eigenvalue weighted by molar-refractivity contribution is 6.71. The van der Waals surface area contributed by atoms with Gasteiger partial charge in [-0.15, -0.1) is 0 Å². The molecule has 175 valence electrons. The maximum atomic E-state index is 6.42. The lowest BCUT2D eigenvalue weighted by atomic mass is 9.63. The SMILES string of the molecule is COc1c(C(C)(C)C)cc(C)c([Si](C)C)c1C(C1=CCC=C1)(c1ccccc1)c1ccccc1. The second-order valence-corrected chi connectivity index (χ2v) is 13.1. The Kier molecular flexibility index (Phi) is 6.73. The molecular formula is C32H37OSi. The first-order valence-electron chi connectivity index (χ1n) is 12.2. The normalized spacial score (nSPS) is 13.9. The molecule has 0 saturated heterocycles. The van der Waals surface area contributed by atoms with Crippen molar-refractivity contribution < 1.29 is 4.74 Å². The van der Waals surface area contributed by atoms with E-state index in [4.69, 9.17) is 4.74 Å². The Morgan fingerprint density at radius 3 is 1.82 bits per heavy atom. The summed E-state index contributed by atoms with van der Waals surface area (Å²) < 4.78 is 6.42.